The summed E-state index contributed by atoms with van der Waals surface area (Å²) in [5.74, 6) is 2.28. The lowest BCUT2D eigenvalue weighted by molar-refractivity contribution is 0.174. The molecule has 1 aliphatic heterocycles. The number of rotatable bonds is 3. The zero-order chi connectivity index (χ0) is 17.5. The number of benzene rings is 1. The molecule has 4 heterocycles. The van der Waals surface area contributed by atoms with E-state index in [4.69, 9.17) is 9.47 Å². The Morgan fingerprint density at radius 2 is 1.96 bits per heavy atom. The third-order valence-corrected chi connectivity index (χ3v) is 4.53. The molecule has 1 aromatic carbocycles. The minimum atomic E-state index is 0.267. The molecule has 5 rings (SSSR count). The Hall–Kier alpha value is -3.54. The minimum absolute atomic E-state index is 0.267. The number of fused-ring (bicyclic) bond motifs is 2. The molecule has 0 saturated heterocycles. The standard InChI is InChI=1S/C20H16N4O2/c1-24-16(13-3-2-6-21-10-13)7-14-11-22-20(9-17(14)24)23-15-4-5-18-19(8-15)26-12-25-18/h2-11H,12H2,1H3,(H,22,23). The van der Waals surface area contributed by atoms with Gasteiger partial charge in [0.2, 0.25) is 6.79 Å². The van der Waals surface area contributed by atoms with Crippen molar-refractivity contribution in [1.29, 1.82) is 0 Å². The SMILES string of the molecule is Cn1c(-c2cccnc2)cc2cnc(Nc3ccc4c(c3)OCO4)cc21. The molecule has 0 aliphatic carbocycles. The number of nitrogens with one attached hydrogen (secondary N) is 1. The van der Waals surface area contributed by atoms with Crippen LogP contribution in [-0.2, 0) is 7.05 Å². The highest BCUT2D eigenvalue weighted by molar-refractivity contribution is 5.88. The van der Waals surface area contributed by atoms with Crippen molar-refractivity contribution < 1.29 is 9.47 Å². The van der Waals surface area contributed by atoms with Crippen molar-refractivity contribution in [2.45, 2.75) is 0 Å². The summed E-state index contributed by atoms with van der Waals surface area (Å²) >= 11 is 0. The highest BCUT2D eigenvalue weighted by Crippen LogP contribution is 2.35. The summed E-state index contributed by atoms with van der Waals surface area (Å²) < 4.78 is 12.9. The number of anilines is 2. The number of nitrogens with zero attached hydrogens (tertiary/aromatic N) is 3. The van der Waals surface area contributed by atoms with Gasteiger partial charge >= 0.3 is 0 Å². The summed E-state index contributed by atoms with van der Waals surface area (Å²) in [4.78, 5) is 8.74. The van der Waals surface area contributed by atoms with E-state index in [-0.39, 0.29) is 6.79 Å². The maximum atomic E-state index is 5.43. The molecule has 26 heavy (non-hydrogen) atoms. The lowest BCUT2D eigenvalue weighted by Gasteiger charge is -2.08. The summed E-state index contributed by atoms with van der Waals surface area (Å²) in [6.45, 7) is 0.267. The predicted octanol–water partition coefficient (Wildman–Crippen LogP) is 4.11. The summed E-state index contributed by atoms with van der Waals surface area (Å²) in [5.41, 5.74) is 4.19. The maximum Gasteiger partial charge on any atom is 0.231 e. The van der Waals surface area contributed by atoms with Gasteiger partial charge in [-0.1, -0.05) is 0 Å². The molecule has 0 radical (unpaired) electrons. The summed E-state index contributed by atoms with van der Waals surface area (Å²) in [6, 6.07) is 13.9. The first-order chi connectivity index (χ1) is 12.8. The highest BCUT2D eigenvalue weighted by Gasteiger charge is 2.14. The monoisotopic (exact) mass is 344 g/mol. The van der Waals surface area contributed by atoms with Crippen molar-refractivity contribution in [3.8, 4) is 22.8 Å². The van der Waals surface area contributed by atoms with Gasteiger partial charge in [-0.2, -0.15) is 0 Å². The van der Waals surface area contributed by atoms with Crippen LogP contribution in [0.5, 0.6) is 11.5 Å². The van der Waals surface area contributed by atoms with Crippen LogP contribution in [0.15, 0.2) is 61.1 Å². The molecule has 6 heteroatoms. The Morgan fingerprint density at radius 1 is 1.04 bits per heavy atom. The molecule has 0 saturated carbocycles. The molecule has 0 spiro atoms. The lowest BCUT2D eigenvalue weighted by Crippen LogP contribution is -1.95. The smallest absolute Gasteiger partial charge is 0.231 e. The van der Waals surface area contributed by atoms with Crippen LogP contribution in [0.3, 0.4) is 0 Å². The highest BCUT2D eigenvalue weighted by atomic mass is 16.7. The second-order valence-electron chi connectivity index (χ2n) is 6.15. The molecule has 1 N–H and O–H groups in total. The quantitative estimate of drug-likeness (QED) is 0.606. The molecule has 0 atom stereocenters. The van der Waals surface area contributed by atoms with E-state index in [9.17, 15) is 0 Å². The molecule has 0 bridgehead atoms. The van der Waals surface area contributed by atoms with Gasteiger partial charge < -0.3 is 19.4 Å². The zero-order valence-electron chi connectivity index (χ0n) is 14.1. The van der Waals surface area contributed by atoms with Crippen LogP contribution in [0.1, 0.15) is 0 Å². The van der Waals surface area contributed by atoms with E-state index in [1.165, 1.54) is 0 Å². The number of aryl methyl sites for hydroxylation is 1. The Bertz CT molecular complexity index is 1110. The topological polar surface area (TPSA) is 61.2 Å². The molecule has 0 unspecified atom stereocenters. The van der Waals surface area contributed by atoms with Gasteiger partial charge in [-0.15, -0.1) is 0 Å². The fraction of sp³-hybridized carbons (Fsp3) is 0.100. The van der Waals surface area contributed by atoms with Gasteiger partial charge in [0, 0.05) is 54.4 Å². The average molecular weight is 344 g/mol. The van der Waals surface area contributed by atoms with E-state index in [0.717, 1.165) is 45.2 Å². The first-order valence-corrected chi connectivity index (χ1v) is 8.30. The maximum absolute atomic E-state index is 5.43. The van der Waals surface area contributed by atoms with Gasteiger partial charge in [0.05, 0.1) is 11.2 Å². The number of ether oxygens (including phenoxy) is 2. The van der Waals surface area contributed by atoms with Crippen molar-refractivity contribution in [1.82, 2.24) is 14.5 Å². The fourth-order valence-corrected chi connectivity index (χ4v) is 3.21. The second-order valence-corrected chi connectivity index (χ2v) is 6.15. The molecule has 4 aromatic rings. The first-order valence-electron chi connectivity index (χ1n) is 8.30. The number of pyridine rings is 2. The van der Waals surface area contributed by atoms with Crippen molar-refractivity contribution in [2.75, 3.05) is 12.1 Å². The molecule has 3 aromatic heterocycles. The van der Waals surface area contributed by atoms with Crippen LogP contribution in [0.2, 0.25) is 0 Å². The van der Waals surface area contributed by atoms with Crippen LogP contribution in [0.25, 0.3) is 22.2 Å². The van der Waals surface area contributed by atoms with Gasteiger partial charge in [0.25, 0.3) is 0 Å². The number of hydrogen-bond donors (Lipinski definition) is 1. The molecule has 128 valence electrons. The summed E-state index contributed by atoms with van der Waals surface area (Å²) in [5, 5.41) is 4.42. The third-order valence-electron chi connectivity index (χ3n) is 4.53. The van der Waals surface area contributed by atoms with Gasteiger partial charge in [-0.05, 0) is 30.3 Å². The first kappa shape index (κ1) is 14.8. The van der Waals surface area contributed by atoms with E-state index < -0.39 is 0 Å². The van der Waals surface area contributed by atoms with Crippen molar-refractivity contribution in [2.24, 2.45) is 7.05 Å². The molecular weight excluding hydrogens is 328 g/mol. The second kappa shape index (κ2) is 5.77. The molecule has 0 fully saturated rings. The summed E-state index contributed by atoms with van der Waals surface area (Å²) in [7, 11) is 2.05. The fourth-order valence-electron chi connectivity index (χ4n) is 3.21. The summed E-state index contributed by atoms with van der Waals surface area (Å²) in [6.07, 6.45) is 5.53. The Balaban J connectivity index is 1.51. The zero-order valence-corrected chi connectivity index (χ0v) is 14.1. The third kappa shape index (κ3) is 2.43. The predicted molar refractivity (Wildman–Crippen MR) is 99.8 cm³/mol. The molecule has 1 aliphatic rings. The van der Waals surface area contributed by atoms with Crippen molar-refractivity contribution in [3.05, 3.63) is 61.1 Å². The van der Waals surface area contributed by atoms with E-state index in [1.54, 1.807) is 6.20 Å². The Labute approximate surface area is 150 Å². The van der Waals surface area contributed by atoms with Gasteiger partial charge in [0.15, 0.2) is 11.5 Å². The Kier molecular flexibility index (Phi) is 3.28. The Morgan fingerprint density at radius 3 is 2.85 bits per heavy atom. The van der Waals surface area contributed by atoms with Gasteiger partial charge in [-0.25, -0.2) is 4.98 Å². The molecular formula is C20H16N4O2. The van der Waals surface area contributed by atoms with E-state index in [0.29, 0.717) is 0 Å². The van der Waals surface area contributed by atoms with Crippen molar-refractivity contribution in [3.63, 3.8) is 0 Å². The van der Waals surface area contributed by atoms with Gasteiger partial charge in [-0.3, -0.25) is 4.98 Å². The average Bonchev–Trinajstić information content (AvgIpc) is 3.27. The van der Waals surface area contributed by atoms with Crippen molar-refractivity contribution >= 4 is 22.4 Å². The minimum Gasteiger partial charge on any atom is -0.454 e. The molecule has 6 nitrogen and oxygen atoms in total. The number of hydrogen-bond acceptors (Lipinski definition) is 5. The van der Waals surface area contributed by atoms with E-state index in [1.807, 2.05) is 42.7 Å². The lowest BCUT2D eigenvalue weighted by atomic mass is 10.2. The van der Waals surface area contributed by atoms with Crippen LogP contribution < -0.4 is 14.8 Å². The van der Waals surface area contributed by atoms with Crippen LogP contribution in [0.4, 0.5) is 11.5 Å². The van der Waals surface area contributed by atoms with Crippen LogP contribution in [-0.4, -0.2) is 21.3 Å². The van der Waals surface area contributed by atoms with Gasteiger partial charge in [0.1, 0.15) is 5.82 Å². The molecule has 0 amide bonds. The largest absolute Gasteiger partial charge is 0.454 e. The van der Waals surface area contributed by atoms with Crippen LogP contribution in [0, 0.1) is 0 Å². The van der Waals surface area contributed by atoms with E-state index in [2.05, 4.69) is 39.0 Å². The van der Waals surface area contributed by atoms with Crippen LogP contribution >= 0.6 is 0 Å². The normalized spacial score (nSPS) is 12.5. The van der Waals surface area contributed by atoms with E-state index >= 15 is 0 Å². The number of aromatic nitrogens is 3.